The number of nitrogens with zero attached hydrogens (tertiary/aromatic N) is 1. The Morgan fingerprint density at radius 2 is 2.26 bits per heavy atom. The number of ether oxygens (including phenoxy) is 1. The second-order valence-electron chi connectivity index (χ2n) is 5.69. The zero-order valence-electron chi connectivity index (χ0n) is 11.6. The van der Waals surface area contributed by atoms with Crippen LogP contribution in [0.5, 0.6) is 5.88 Å². The number of carbonyl (C=O) groups excluding carboxylic acids is 1. The van der Waals surface area contributed by atoms with E-state index < -0.39 is 0 Å². The molecule has 1 aromatic rings. The van der Waals surface area contributed by atoms with Crippen LogP contribution in [-0.2, 0) is 0 Å². The highest BCUT2D eigenvalue weighted by Gasteiger charge is 2.18. The molecule has 19 heavy (non-hydrogen) atoms. The molecule has 0 spiro atoms. The molecule has 1 fully saturated rings. The van der Waals surface area contributed by atoms with Gasteiger partial charge in [-0.15, -0.1) is 0 Å². The summed E-state index contributed by atoms with van der Waals surface area (Å²) in [5.74, 6) is 2.66. The molecule has 0 aliphatic carbocycles. The van der Waals surface area contributed by atoms with E-state index in [1.165, 1.54) is 0 Å². The fraction of sp³-hybridized carbons (Fsp3) is 0.571. The van der Waals surface area contributed by atoms with Gasteiger partial charge >= 0.3 is 0 Å². The maximum absolute atomic E-state index is 11.9. The van der Waals surface area contributed by atoms with Crippen molar-refractivity contribution < 1.29 is 9.53 Å². The van der Waals surface area contributed by atoms with Crippen LogP contribution in [0.1, 0.15) is 37.6 Å². The molecule has 1 aliphatic rings. The third-order valence-electron chi connectivity index (χ3n) is 2.66. The molecule has 0 bridgehead atoms. The number of carbonyl (C=O) groups is 1. The third-order valence-corrected chi connectivity index (χ3v) is 3.79. The first-order valence-corrected chi connectivity index (χ1v) is 7.62. The molecule has 1 unspecified atom stereocenters. The first-order chi connectivity index (χ1) is 8.94. The lowest BCUT2D eigenvalue weighted by Crippen LogP contribution is -2.40. The first kappa shape index (κ1) is 14.2. The molecule has 104 valence electrons. The zero-order valence-corrected chi connectivity index (χ0v) is 12.4. The highest BCUT2D eigenvalue weighted by Crippen LogP contribution is 2.22. The molecule has 5 heteroatoms. The monoisotopic (exact) mass is 280 g/mol. The Kier molecular flexibility index (Phi) is 4.34. The summed E-state index contributed by atoms with van der Waals surface area (Å²) in [7, 11) is 0. The molecule has 2 heterocycles. The molecule has 4 nitrogen and oxygen atoms in total. The van der Waals surface area contributed by atoms with Gasteiger partial charge in [-0.25, -0.2) is 4.98 Å². The van der Waals surface area contributed by atoms with Gasteiger partial charge in [-0.05, 0) is 39.0 Å². The van der Waals surface area contributed by atoms with Crippen LogP contribution in [0.3, 0.4) is 0 Å². The van der Waals surface area contributed by atoms with E-state index in [2.05, 4.69) is 10.3 Å². The summed E-state index contributed by atoms with van der Waals surface area (Å²) < 4.78 is 5.75. The Hall–Kier alpha value is -1.23. The second-order valence-corrected chi connectivity index (χ2v) is 6.84. The second kappa shape index (κ2) is 5.82. The van der Waals surface area contributed by atoms with Crippen molar-refractivity contribution in [2.45, 2.75) is 38.8 Å². The van der Waals surface area contributed by atoms with E-state index in [0.29, 0.717) is 11.4 Å². The Morgan fingerprint density at radius 1 is 1.47 bits per heavy atom. The number of thioether (sulfide) groups is 1. The van der Waals surface area contributed by atoms with Crippen LogP contribution in [0.15, 0.2) is 18.3 Å². The standard InChI is InChI=1S/C14H20N2O2S/c1-14(2,3)16-13(17)10-4-5-12(15-8-10)18-11-6-7-19-9-11/h4-5,8,11H,6-7,9H2,1-3H3,(H,16,17). The molecule has 1 atom stereocenters. The predicted octanol–water partition coefficient (Wildman–Crippen LogP) is 2.49. The van der Waals surface area contributed by atoms with E-state index in [1.807, 2.05) is 32.5 Å². The molecule has 1 aromatic heterocycles. The van der Waals surface area contributed by atoms with Crippen LogP contribution in [0.2, 0.25) is 0 Å². The minimum Gasteiger partial charge on any atom is -0.473 e. The van der Waals surface area contributed by atoms with Crippen molar-refractivity contribution in [2.24, 2.45) is 0 Å². The molecular formula is C14H20N2O2S. The van der Waals surface area contributed by atoms with Gasteiger partial charge in [0.2, 0.25) is 5.88 Å². The van der Waals surface area contributed by atoms with Crippen molar-refractivity contribution in [3.05, 3.63) is 23.9 Å². The molecule has 0 radical (unpaired) electrons. The Labute approximate surface area is 118 Å². The lowest BCUT2D eigenvalue weighted by atomic mass is 10.1. The SMILES string of the molecule is CC(C)(C)NC(=O)c1ccc(OC2CCSC2)nc1. The van der Waals surface area contributed by atoms with Crippen LogP contribution in [0, 0.1) is 0 Å². The quantitative estimate of drug-likeness (QED) is 0.924. The topological polar surface area (TPSA) is 51.2 Å². The largest absolute Gasteiger partial charge is 0.473 e. The minimum absolute atomic E-state index is 0.108. The van der Waals surface area contributed by atoms with Gasteiger partial charge < -0.3 is 10.1 Å². The highest BCUT2D eigenvalue weighted by atomic mass is 32.2. The predicted molar refractivity (Wildman–Crippen MR) is 77.8 cm³/mol. The average molecular weight is 280 g/mol. The fourth-order valence-corrected chi connectivity index (χ4v) is 2.87. The van der Waals surface area contributed by atoms with Crippen molar-refractivity contribution in [3.8, 4) is 5.88 Å². The smallest absolute Gasteiger partial charge is 0.253 e. The van der Waals surface area contributed by atoms with E-state index in [4.69, 9.17) is 4.74 Å². The molecule has 1 saturated heterocycles. The van der Waals surface area contributed by atoms with Crippen LogP contribution in [0.4, 0.5) is 0 Å². The van der Waals surface area contributed by atoms with E-state index >= 15 is 0 Å². The van der Waals surface area contributed by atoms with Gasteiger partial charge in [0.15, 0.2) is 0 Å². The summed E-state index contributed by atoms with van der Waals surface area (Å²) in [6, 6.07) is 3.52. The van der Waals surface area contributed by atoms with Crippen LogP contribution in [-0.4, -0.2) is 34.0 Å². The number of nitrogens with one attached hydrogen (secondary N) is 1. The maximum Gasteiger partial charge on any atom is 0.253 e. The van der Waals surface area contributed by atoms with Gasteiger partial charge in [0, 0.05) is 23.6 Å². The number of rotatable bonds is 3. The van der Waals surface area contributed by atoms with Crippen molar-refractivity contribution in [3.63, 3.8) is 0 Å². The van der Waals surface area contributed by atoms with Gasteiger partial charge in [-0.2, -0.15) is 11.8 Å². The minimum atomic E-state index is -0.243. The van der Waals surface area contributed by atoms with E-state index in [1.54, 1.807) is 18.3 Å². The van der Waals surface area contributed by atoms with Crippen molar-refractivity contribution in [1.82, 2.24) is 10.3 Å². The Balaban J connectivity index is 1.95. The molecular weight excluding hydrogens is 260 g/mol. The summed E-state index contributed by atoms with van der Waals surface area (Å²) in [6.07, 6.45) is 2.89. The molecule has 1 amide bonds. The lowest BCUT2D eigenvalue weighted by molar-refractivity contribution is 0.0919. The number of amides is 1. The molecule has 0 saturated carbocycles. The summed E-state index contributed by atoms with van der Waals surface area (Å²) in [5.41, 5.74) is 0.316. The van der Waals surface area contributed by atoms with Gasteiger partial charge in [0.1, 0.15) is 6.10 Å². The van der Waals surface area contributed by atoms with E-state index in [-0.39, 0.29) is 17.6 Å². The number of hydrogen-bond donors (Lipinski definition) is 1. The van der Waals surface area contributed by atoms with Crippen LogP contribution in [0.25, 0.3) is 0 Å². The number of aromatic nitrogens is 1. The summed E-state index contributed by atoms with van der Waals surface area (Å²) in [4.78, 5) is 16.1. The Morgan fingerprint density at radius 3 is 2.79 bits per heavy atom. The highest BCUT2D eigenvalue weighted by molar-refractivity contribution is 7.99. The zero-order chi connectivity index (χ0) is 13.9. The van der Waals surface area contributed by atoms with Gasteiger partial charge in [0.25, 0.3) is 5.91 Å². The molecule has 2 rings (SSSR count). The van der Waals surface area contributed by atoms with Crippen molar-refractivity contribution in [1.29, 1.82) is 0 Å². The normalized spacial score (nSPS) is 19.2. The molecule has 0 aromatic carbocycles. The van der Waals surface area contributed by atoms with E-state index in [0.717, 1.165) is 17.9 Å². The fourth-order valence-electron chi connectivity index (χ4n) is 1.77. The molecule has 1 N–H and O–H groups in total. The van der Waals surface area contributed by atoms with Gasteiger partial charge in [-0.1, -0.05) is 0 Å². The third kappa shape index (κ3) is 4.42. The summed E-state index contributed by atoms with van der Waals surface area (Å²) in [5, 5.41) is 2.90. The maximum atomic E-state index is 11.9. The van der Waals surface area contributed by atoms with Crippen molar-refractivity contribution >= 4 is 17.7 Å². The Bertz CT molecular complexity index is 434. The van der Waals surface area contributed by atoms with E-state index in [9.17, 15) is 4.79 Å². The lowest BCUT2D eigenvalue weighted by Gasteiger charge is -2.20. The summed E-state index contributed by atoms with van der Waals surface area (Å²) >= 11 is 1.90. The van der Waals surface area contributed by atoms with Gasteiger partial charge in [-0.3, -0.25) is 4.79 Å². The van der Waals surface area contributed by atoms with Crippen LogP contribution >= 0.6 is 11.8 Å². The average Bonchev–Trinajstić information content (AvgIpc) is 2.80. The van der Waals surface area contributed by atoms with Crippen molar-refractivity contribution in [2.75, 3.05) is 11.5 Å². The van der Waals surface area contributed by atoms with Gasteiger partial charge in [0.05, 0.1) is 5.56 Å². The molecule has 1 aliphatic heterocycles. The number of pyridine rings is 1. The number of hydrogen-bond acceptors (Lipinski definition) is 4. The summed E-state index contributed by atoms with van der Waals surface area (Å²) in [6.45, 7) is 5.86. The first-order valence-electron chi connectivity index (χ1n) is 6.47. The van der Waals surface area contributed by atoms with Crippen LogP contribution < -0.4 is 10.1 Å².